The van der Waals surface area contributed by atoms with E-state index < -0.39 is 13.9 Å². The summed E-state index contributed by atoms with van der Waals surface area (Å²) < 4.78 is 17.8. The van der Waals surface area contributed by atoms with Crippen molar-refractivity contribution in [2.45, 2.75) is 77.1 Å². The molecule has 0 radical (unpaired) electrons. The van der Waals surface area contributed by atoms with Gasteiger partial charge in [0.1, 0.15) is 5.56 Å². The average Bonchev–Trinajstić information content (AvgIpc) is 2.99. The Hall–Kier alpha value is -1.73. The van der Waals surface area contributed by atoms with E-state index in [1.807, 2.05) is 6.08 Å². The standard InChI is InChI=1S/C21H31NO5Si/c1-7-8-12-25-19-17-15(26-22-19)13-14-10-9-11-16(23)21(14,18(17)24)27-28(5,6)20(2,3)4/h9,11,14H,7-8,10,12-13H2,1-6H3/t14-,21-/m0/s1. The highest BCUT2D eigenvalue weighted by Gasteiger charge is 2.61. The number of carbonyl (C=O) groups excluding carboxylic acids is 2. The van der Waals surface area contributed by atoms with Gasteiger partial charge in [-0.15, -0.1) is 0 Å². The molecular formula is C21H31NO5Si. The van der Waals surface area contributed by atoms with E-state index in [-0.39, 0.29) is 34.0 Å². The van der Waals surface area contributed by atoms with Gasteiger partial charge in [-0.05, 0) is 42.2 Å². The zero-order valence-corrected chi connectivity index (χ0v) is 18.8. The minimum Gasteiger partial charge on any atom is -0.475 e. The fourth-order valence-electron chi connectivity index (χ4n) is 3.58. The molecular weight excluding hydrogens is 374 g/mol. The number of carbonyl (C=O) groups is 2. The van der Waals surface area contributed by atoms with Crippen LogP contribution in [0.5, 0.6) is 5.88 Å². The highest BCUT2D eigenvalue weighted by atomic mass is 28.4. The summed E-state index contributed by atoms with van der Waals surface area (Å²) in [5, 5.41) is 3.85. The quantitative estimate of drug-likeness (QED) is 0.394. The fraction of sp³-hybridized carbons (Fsp3) is 0.667. The molecule has 6 nitrogen and oxygen atoms in total. The highest BCUT2D eigenvalue weighted by Crippen LogP contribution is 2.48. The molecule has 2 aliphatic rings. The van der Waals surface area contributed by atoms with Crippen LogP contribution in [0.25, 0.3) is 0 Å². The Morgan fingerprint density at radius 2 is 2.04 bits per heavy atom. The van der Waals surface area contributed by atoms with Gasteiger partial charge in [0.15, 0.2) is 25.5 Å². The van der Waals surface area contributed by atoms with Crippen LogP contribution < -0.4 is 4.74 Å². The molecule has 0 aliphatic heterocycles. The lowest BCUT2D eigenvalue weighted by molar-refractivity contribution is -0.132. The molecule has 0 unspecified atom stereocenters. The molecule has 2 atom stereocenters. The third-order valence-electron chi connectivity index (χ3n) is 6.32. The summed E-state index contributed by atoms with van der Waals surface area (Å²) in [5.41, 5.74) is -1.21. The molecule has 7 heteroatoms. The van der Waals surface area contributed by atoms with E-state index in [2.05, 4.69) is 45.9 Å². The molecule has 3 rings (SSSR count). The number of ketones is 2. The van der Waals surface area contributed by atoms with Gasteiger partial charge in [-0.25, -0.2) is 0 Å². The first-order valence-corrected chi connectivity index (χ1v) is 13.0. The minimum absolute atomic E-state index is 0.136. The SMILES string of the molecule is CCCCOc1noc2c1C(=O)[C@@]1(O[Si](C)(C)C(C)(C)C)C(=O)C=CC[C@H]1C2. The maximum atomic E-state index is 13.8. The van der Waals surface area contributed by atoms with Crippen LogP contribution in [0.3, 0.4) is 0 Å². The molecule has 0 N–H and O–H groups in total. The first-order chi connectivity index (χ1) is 13.0. The van der Waals surface area contributed by atoms with Gasteiger partial charge in [0.25, 0.3) is 5.88 Å². The third kappa shape index (κ3) is 3.28. The van der Waals surface area contributed by atoms with Crippen LogP contribution in [-0.2, 0) is 15.6 Å². The molecule has 1 aromatic heterocycles. The van der Waals surface area contributed by atoms with E-state index >= 15 is 0 Å². The van der Waals surface area contributed by atoms with Gasteiger partial charge in [0, 0.05) is 12.3 Å². The Morgan fingerprint density at radius 3 is 2.68 bits per heavy atom. The summed E-state index contributed by atoms with van der Waals surface area (Å²) in [6, 6.07) is 0. The number of unbranched alkanes of at least 4 members (excludes halogenated alkanes) is 1. The summed E-state index contributed by atoms with van der Waals surface area (Å²) in [6.07, 6.45) is 6.18. The molecule has 0 saturated heterocycles. The van der Waals surface area contributed by atoms with Gasteiger partial charge >= 0.3 is 0 Å². The lowest BCUT2D eigenvalue weighted by Gasteiger charge is -2.48. The number of aromatic nitrogens is 1. The molecule has 0 bridgehead atoms. The van der Waals surface area contributed by atoms with E-state index in [0.29, 0.717) is 25.2 Å². The van der Waals surface area contributed by atoms with Crippen molar-refractivity contribution in [2.24, 2.45) is 5.92 Å². The number of rotatable bonds is 6. The number of fused-ring (bicyclic) bond motifs is 2. The normalized spacial score (nSPS) is 24.9. The molecule has 154 valence electrons. The molecule has 2 aliphatic carbocycles. The first-order valence-electron chi connectivity index (χ1n) is 10.1. The van der Waals surface area contributed by atoms with Crippen molar-refractivity contribution in [1.82, 2.24) is 5.16 Å². The van der Waals surface area contributed by atoms with Gasteiger partial charge in [-0.3, -0.25) is 9.59 Å². The van der Waals surface area contributed by atoms with E-state index in [1.54, 1.807) is 0 Å². The molecule has 0 amide bonds. The fourth-order valence-corrected chi connectivity index (χ4v) is 5.05. The molecule has 0 saturated carbocycles. The molecule has 0 aromatic carbocycles. The summed E-state index contributed by atoms with van der Waals surface area (Å²) in [4.78, 5) is 26.9. The van der Waals surface area contributed by atoms with Crippen LogP contribution in [-0.4, -0.2) is 37.2 Å². The number of hydrogen-bond acceptors (Lipinski definition) is 6. The van der Waals surface area contributed by atoms with Crippen LogP contribution in [0.4, 0.5) is 0 Å². The topological polar surface area (TPSA) is 78.6 Å². The summed E-state index contributed by atoms with van der Waals surface area (Å²) in [6.45, 7) is 13.0. The van der Waals surface area contributed by atoms with Crippen molar-refractivity contribution in [3.63, 3.8) is 0 Å². The maximum Gasteiger partial charge on any atom is 0.265 e. The molecule has 1 heterocycles. The third-order valence-corrected chi connectivity index (χ3v) is 10.8. The van der Waals surface area contributed by atoms with Crippen LogP contribution in [0.15, 0.2) is 16.7 Å². The lowest BCUT2D eigenvalue weighted by Crippen LogP contribution is -2.64. The van der Waals surface area contributed by atoms with Crippen LogP contribution in [0, 0.1) is 5.92 Å². The van der Waals surface area contributed by atoms with Crippen molar-refractivity contribution in [3.05, 3.63) is 23.5 Å². The van der Waals surface area contributed by atoms with E-state index in [1.165, 1.54) is 6.08 Å². The molecule has 0 spiro atoms. The monoisotopic (exact) mass is 405 g/mol. The largest absolute Gasteiger partial charge is 0.475 e. The van der Waals surface area contributed by atoms with Crippen molar-refractivity contribution < 1.29 is 23.3 Å². The van der Waals surface area contributed by atoms with Crippen LogP contribution in [0.2, 0.25) is 18.1 Å². The van der Waals surface area contributed by atoms with E-state index in [0.717, 1.165) is 12.8 Å². The first kappa shape index (κ1) is 21.0. The second-order valence-electron chi connectivity index (χ2n) is 9.32. The summed E-state index contributed by atoms with van der Waals surface area (Å²) in [7, 11) is -2.41. The van der Waals surface area contributed by atoms with Crippen LogP contribution >= 0.6 is 0 Å². The molecule has 28 heavy (non-hydrogen) atoms. The predicted octanol–water partition coefficient (Wildman–Crippen LogP) is 4.50. The van der Waals surface area contributed by atoms with Gasteiger partial charge in [0.05, 0.1) is 6.61 Å². The number of allylic oxidation sites excluding steroid dienone is 1. The summed E-state index contributed by atoms with van der Waals surface area (Å²) >= 11 is 0. The Kier molecular flexibility index (Phi) is 5.44. The van der Waals surface area contributed by atoms with Gasteiger partial charge in [-0.1, -0.05) is 40.2 Å². The number of nitrogens with zero attached hydrogens (tertiary/aromatic N) is 1. The van der Waals surface area contributed by atoms with Crippen molar-refractivity contribution in [2.75, 3.05) is 6.61 Å². The minimum atomic E-state index is -2.41. The van der Waals surface area contributed by atoms with E-state index in [9.17, 15) is 9.59 Å². The van der Waals surface area contributed by atoms with Crippen molar-refractivity contribution in [3.8, 4) is 5.88 Å². The number of hydrogen-bond donors (Lipinski definition) is 0. The zero-order valence-electron chi connectivity index (χ0n) is 17.8. The Balaban J connectivity index is 2.06. The number of Topliss-reactive ketones (excluding diaryl/α,β-unsaturated/α-hetero) is 1. The Labute approximate surface area is 167 Å². The second-order valence-corrected chi connectivity index (χ2v) is 14.0. The second kappa shape index (κ2) is 7.26. The predicted molar refractivity (Wildman–Crippen MR) is 108 cm³/mol. The summed E-state index contributed by atoms with van der Waals surface area (Å²) in [5.74, 6) is -0.224. The molecule has 0 fully saturated rings. The van der Waals surface area contributed by atoms with Gasteiger partial charge < -0.3 is 13.7 Å². The van der Waals surface area contributed by atoms with Crippen molar-refractivity contribution in [1.29, 1.82) is 0 Å². The number of ether oxygens (including phenoxy) is 1. The van der Waals surface area contributed by atoms with Crippen molar-refractivity contribution >= 4 is 19.9 Å². The Bertz CT molecular complexity index is 804. The highest BCUT2D eigenvalue weighted by molar-refractivity contribution is 6.74. The lowest BCUT2D eigenvalue weighted by atomic mass is 9.68. The smallest absolute Gasteiger partial charge is 0.265 e. The Morgan fingerprint density at radius 1 is 1.32 bits per heavy atom. The maximum absolute atomic E-state index is 13.8. The molecule has 1 aromatic rings. The van der Waals surface area contributed by atoms with Gasteiger partial charge in [0.2, 0.25) is 5.78 Å². The average molecular weight is 406 g/mol. The van der Waals surface area contributed by atoms with Crippen LogP contribution in [0.1, 0.15) is 63.1 Å². The zero-order chi connectivity index (χ0) is 20.7. The van der Waals surface area contributed by atoms with Gasteiger partial charge in [-0.2, -0.15) is 0 Å². The van der Waals surface area contributed by atoms with E-state index in [4.69, 9.17) is 13.7 Å².